The third kappa shape index (κ3) is 2.61. The zero-order chi connectivity index (χ0) is 13.2. The summed E-state index contributed by atoms with van der Waals surface area (Å²) in [7, 11) is 0. The lowest BCUT2D eigenvalue weighted by Crippen LogP contribution is -2.32. The smallest absolute Gasteiger partial charge is 0.233 e. The van der Waals surface area contributed by atoms with Gasteiger partial charge < -0.3 is 10.1 Å². The highest BCUT2D eigenvalue weighted by Crippen LogP contribution is 2.27. The van der Waals surface area contributed by atoms with E-state index in [2.05, 4.69) is 10.3 Å². The quantitative estimate of drug-likeness (QED) is 0.916. The first-order valence-electron chi connectivity index (χ1n) is 6.16. The van der Waals surface area contributed by atoms with Crippen LogP contribution in [0, 0.1) is 12.8 Å². The number of nitrogens with one attached hydrogen (secondary N) is 1. The number of carbonyl (C=O) groups excluding carboxylic acids is 1. The predicted molar refractivity (Wildman–Crippen MR) is 74.6 cm³/mol. The Morgan fingerprint density at radius 2 is 2.32 bits per heavy atom. The fraction of sp³-hybridized carbons (Fsp3) is 0.286. The molecule has 0 spiro atoms. The Bertz CT molecular complexity index is 609. The Morgan fingerprint density at radius 1 is 1.47 bits per heavy atom. The first-order chi connectivity index (χ1) is 9.22. The van der Waals surface area contributed by atoms with E-state index in [1.54, 1.807) is 0 Å². The van der Waals surface area contributed by atoms with Crippen molar-refractivity contribution in [1.82, 2.24) is 4.98 Å². The molecule has 1 aromatic carbocycles. The van der Waals surface area contributed by atoms with Crippen LogP contribution in [0.4, 0.5) is 5.13 Å². The minimum absolute atomic E-state index is 0.0242. The van der Waals surface area contributed by atoms with Crippen LogP contribution in [-0.4, -0.2) is 17.5 Å². The summed E-state index contributed by atoms with van der Waals surface area (Å²) in [5.41, 5.74) is 2.01. The van der Waals surface area contributed by atoms with Crippen LogP contribution in [0.3, 0.4) is 0 Å². The van der Waals surface area contributed by atoms with E-state index in [9.17, 15) is 4.79 Å². The Morgan fingerprint density at radius 3 is 3.11 bits per heavy atom. The van der Waals surface area contributed by atoms with Crippen LogP contribution >= 0.6 is 11.3 Å². The standard InChI is InChI=1S/C14H14N2O2S/c1-9-8-19-14(15-9)16-13(17)11-6-10-4-2-3-5-12(10)18-7-11/h2-5,8,11H,6-7H2,1H3,(H,15,16,17)/t11-/m0/s1. The number of benzene rings is 1. The topological polar surface area (TPSA) is 51.2 Å². The van der Waals surface area contributed by atoms with Gasteiger partial charge in [-0.2, -0.15) is 0 Å². The monoisotopic (exact) mass is 274 g/mol. The molecule has 0 fully saturated rings. The van der Waals surface area contributed by atoms with Crippen molar-refractivity contribution in [3.63, 3.8) is 0 Å². The van der Waals surface area contributed by atoms with Crippen molar-refractivity contribution < 1.29 is 9.53 Å². The minimum atomic E-state index is -0.154. The number of fused-ring (bicyclic) bond motifs is 1. The molecule has 0 aliphatic carbocycles. The zero-order valence-electron chi connectivity index (χ0n) is 10.6. The van der Waals surface area contributed by atoms with Gasteiger partial charge in [-0.15, -0.1) is 11.3 Å². The fourth-order valence-corrected chi connectivity index (χ4v) is 2.81. The van der Waals surface area contributed by atoms with E-state index in [4.69, 9.17) is 4.74 Å². The number of ether oxygens (including phenoxy) is 1. The number of para-hydroxylation sites is 1. The van der Waals surface area contributed by atoms with Gasteiger partial charge in [0.15, 0.2) is 5.13 Å². The van der Waals surface area contributed by atoms with Gasteiger partial charge in [0.1, 0.15) is 12.4 Å². The average Bonchev–Trinajstić information content (AvgIpc) is 2.83. The normalized spacial score (nSPS) is 17.4. The molecule has 0 radical (unpaired) electrons. The summed E-state index contributed by atoms with van der Waals surface area (Å²) >= 11 is 1.44. The molecular formula is C14H14N2O2S. The summed E-state index contributed by atoms with van der Waals surface area (Å²) in [6.45, 7) is 2.33. The first-order valence-corrected chi connectivity index (χ1v) is 7.04. The van der Waals surface area contributed by atoms with Crippen molar-refractivity contribution in [2.45, 2.75) is 13.3 Å². The molecule has 1 amide bonds. The Labute approximate surface area is 115 Å². The van der Waals surface area contributed by atoms with Crippen LogP contribution in [0.15, 0.2) is 29.6 Å². The number of nitrogens with zero attached hydrogens (tertiary/aromatic N) is 1. The lowest BCUT2D eigenvalue weighted by molar-refractivity contribution is -0.121. The van der Waals surface area contributed by atoms with Crippen LogP contribution < -0.4 is 10.1 Å². The molecule has 0 unspecified atom stereocenters. The SMILES string of the molecule is Cc1csc(NC(=O)[C@@H]2COc3ccccc3C2)n1. The summed E-state index contributed by atoms with van der Waals surface area (Å²) < 4.78 is 5.62. The van der Waals surface area contributed by atoms with Gasteiger partial charge in [-0.05, 0) is 25.0 Å². The zero-order valence-corrected chi connectivity index (χ0v) is 11.4. The highest BCUT2D eigenvalue weighted by molar-refractivity contribution is 7.13. The highest BCUT2D eigenvalue weighted by atomic mass is 32.1. The Kier molecular flexibility index (Phi) is 3.21. The Hall–Kier alpha value is -1.88. The summed E-state index contributed by atoms with van der Waals surface area (Å²) in [4.78, 5) is 16.4. The number of aryl methyl sites for hydroxylation is 1. The van der Waals surface area contributed by atoms with Gasteiger partial charge in [-0.3, -0.25) is 4.79 Å². The molecule has 1 aliphatic rings. The molecule has 0 saturated heterocycles. The second kappa shape index (κ2) is 5.01. The molecule has 4 nitrogen and oxygen atoms in total. The molecule has 2 heterocycles. The maximum absolute atomic E-state index is 12.2. The average molecular weight is 274 g/mol. The van der Waals surface area contributed by atoms with Crippen molar-refractivity contribution in [2.75, 3.05) is 11.9 Å². The van der Waals surface area contributed by atoms with Crippen LogP contribution in [0.2, 0.25) is 0 Å². The van der Waals surface area contributed by atoms with Crippen molar-refractivity contribution in [1.29, 1.82) is 0 Å². The Balaban J connectivity index is 1.69. The van der Waals surface area contributed by atoms with Gasteiger partial charge in [0.2, 0.25) is 5.91 Å². The van der Waals surface area contributed by atoms with Gasteiger partial charge in [0.25, 0.3) is 0 Å². The van der Waals surface area contributed by atoms with Crippen LogP contribution in [0.25, 0.3) is 0 Å². The molecule has 0 bridgehead atoms. The van der Waals surface area contributed by atoms with Crippen molar-refractivity contribution in [3.8, 4) is 5.75 Å². The van der Waals surface area contributed by atoms with E-state index in [0.717, 1.165) is 17.0 Å². The first kappa shape index (κ1) is 12.2. The molecule has 19 heavy (non-hydrogen) atoms. The number of carbonyl (C=O) groups is 1. The van der Waals surface area contributed by atoms with Crippen LogP contribution in [0.5, 0.6) is 5.75 Å². The summed E-state index contributed by atoms with van der Waals surface area (Å²) in [5.74, 6) is 0.708. The van der Waals surface area contributed by atoms with Gasteiger partial charge >= 0.3 is 0 Å². The van der Waals surface area contributed by atoms with Gasteiger partial charge in [0, 0.05) is 5.38 Å². The van der Waals surface area contributed by atoms with E-state index >= 15 is 0 Å². The predicted octanol–water partition coefficient (Wildman–Crippen LogP) is 2.64. The molecule has 1 N–H and O–H groups in total. The minimum Gasteiger partial charge on any atom is -0.492 e. The van der Waals surface area contributed by atoms with E-state index < -0.39 is 0 Å². The van der Waals surface area contributed by atoms with Gasteiger partial charge in [-0.1, -0.05) is 18.2 Å². The largest absolute Gasteiger partial charge is 0.492 e. The second-order valence-electron chi connectivity index (χ2n) is 4.60. The summed E-state index contributed by atoms with van der Waals surface area (Å²) in [6.07, 6.45) is 0.715. The number of amides is 1. The lowest BCUT2D eigenvalue weighted by Gasteiger charge is -2.24. The van der Waals surface area contributed by atoms with Gasteiger partial charge in [0.05, 0.1) is 11.6 Å². The highest BCUT2D eigenvalue weighted by Gasteiger charge is 2.26. The van der Waals surface area contributed by atoms with Crippen LogP contribution in [-0.2, 0) is 11.2 Å². The van der Waals surface area contributed by atoms with Crippen molar-refractivity contribution in [3.05, 3.63) is 40.9 Å². The molecule has 5 heteroatoms. The summed E-state index contributed by atoms with van der Waals surface area (Å²) in [6, 6.07) is 7.85. The van der Waals surface area contributed by atoms with E-state index in [1.165, 1.54) is 11.3 Å². The number of anilines is 1. The molecule has 98 valence electrons. The summed E-state index contributed by atoms with van der Waals surface area (Å²) in [5, 5.41) is 5.42. The van der Waals surface area contributed by atoms with Crippen molar-refractivity contribution >= 4 is 22.4 Å². The number of hydrogen-bond donors (Lipinski definition) is 1. The van der Waals surface area contributed by atoms with Gasteiger partial charge in [-0.25, -0.2) is 4.98 Å². The number of thiazole rings is 1. The van der Waals surface area contributed by atoms with E-state index in [1.807, 2.05) is 36.6 Å². The molecule has 0 saturated carbocycles. The second-order valence-corrected chi connectivity index (χ2v) is 5.46. The molecule has 1 atom stereocenters. The third-order valence-corrected chi connectivity index (χ3v) is 3.97. The maximum Gasteiger partial charge on any atom is 0.233 e. The maximum atomic E-state index is 12.2. The fourth-order valence-electron chi connectivity index (χ4n) is 2.12. The third-order valence-electron chi connectivity index (χ3n) is 3.10. The molecular weight excluding hydrogens is 260 g/mol. The number of rotatable bonds is 2. The van der Waals surface area contributed by atoms with E-state index in [0.29, 0.717) is 18.2 Å². The lowest BCUT2D eigenvalue weighted by atomic mass is 9.96. The van der Waals surface area contributed by atoms with E-state index in [-0.39, 0.29) is 11.8 Å². The molecule has 1 aliphatic heterocycles. The number of hydrogen-bond acceptors (Lipinski definition) is 4. The number of aromatic nitrogens is 1. The molecule has 3 rings (SSSR count). The van der Waals surface area contributed by atoms with Crippen LogP contribution in [0.1, 0.15) is 11.3 Å². The molecule has 1 aromatic heterocycles. The molecule has 2 aromatic rings. The van der Waals surface area contributed by atoms with Crippen molar-refractivity contribution in [2.24, 2.45) is 5.92 Å².